The molecule has 0 amide bonds. The third kappa shape index (κ3) is 3.16. The van der Waals surface area contributed by atoms with Crippen molar-refractivity contribution in [2.75, 3.05) is 13.1 Å². The molecule has 3 rings (SSSR count). The van der Waals surface area contributed by atoms with Gasteiger partial charge in [-0.25, -0.2) is 0 Å². The Morgan fingerprint density at radius 2 is 1.76 bits per heavy atom. The molecule has 0 saturated carbocycles. The van der Waals surface area contributed by atoms with E-state index in [2.05, 4.69) is 9.30 Å². The SMILES string of the molecule is O=S(=O)(N=C(c1ccccc1)N1CCCC1)c1cccs1. The molecule has 1 saturated heterocycles. The Morgan fingerprint density at radius 3 is 2.38 bits per heavy atom. The van der Waals surface area contributed by atoms with Crippen molar-refractivity contribution in [1.29, 1.82) is 0 Å². The first-order chi connectivity index (χ1) is 10.2. The van der Waals surface area contributed by atoms with Crippen LogP contribution in [0, 0.1) is 0 Å². The van der Waals surface area contributed by atoms with Crippen LogP contribution in [0.15, 0.2) is 56.5 Å². The van der Waals surface area contributed by atoms with Gasteiger partial charge in [0.25, 0.3) is 10.0 Å². The van der Waals surface area contributed by atoms with Gasteiger partial charge in [-0.2, -0.15) is 8.42 Å². The summed E-state index contributed by atoms with van der Waals surface area (Å²) in [7, 11) is -3.64. The quantitative estimate of drug-likeness (QED) is 0.645. The van der Waals surface area contributed by atoms with E-state index in [1.54, 1.807) is 17.5 Å². The number of rotatable bonds is 3. The number of amidine groups is 1. The molecular formula is C15H16N2O2S2. The molecule has 1 aliphatic rings. The molecule has 0 bridgehead atoms. The number of sulfonamides is 1. The molecule has 2 aromatic rings. The van der Waals surface area contributed by atoms with E-state index in [1.807, 2.05) is 30.3 Å². The molecule has 1 aromatic carbocycles. The van der Waals surface area contributed by atoms with Crippen LogP contribution in [0.3, 0.4) is 0 Å². The third-order valence-electron chi connectivity index (χ3n) is 3.39. The molecule has 0 spiro atoms. The fraction of sp³-hybridized carbons (Fsp3) is 0.267. The second-order valence-electron chi connectivity index (χ2n) is 4.88. The van der Waals surface area contributed by atoms with Gasteiger partial charge in [0.1, 0.15) is 10.0 Å². The predicted octanol–water partition coefficient (Wildman–Crippen LogP) is 2.98. The van der Waals surface area contributed by atoms with E-state index < -0.39 is 10.0 Å². The highest BCUT2D eigenvalue weighted by Gasteiger charge is 2.22. The van der Waals surface area contributed by atoms with Crippen molar-refractivity contribution in [3.8, 4) is 0 Å². The number of nitrogens with zero attached hydrogens (tertiary/aromatic N) is 2. The molecular weight excluding hydrogens is 304 g/mol. The lowest BCUT2D eigenvalue weighted by Crippen LogP contribution is -2.29. The molecule has 1 aliphatic heterocycles. The molecule has 0 N–H and O–H groups in total. The van der Waals surface area contributed by atoms with Gasteiger partial charge in [-0.3, -0.25) is 0 Å². The van der Waals surface area contributed by atoms with Crippen molar-refractivity contribution in [3.05, 3.63) is 53.4 Å². The fourth-order valence-corrected chi connectivity index (χ4v) is 4.38. The van der Waals surface area contributed by atoms with E-state index in [9.17, 15) is 8.42 Å². The summed E-state index contributed by atoms with van der Waals surface area (Å²) in [6, 6.07) is 12.8. The Balaban J connectivity index is 2.05. The zero-order valence-electron chi connectivity index (χ0n) is 11.5. The molecule has 110 valence electrons. The molecule has 6 heteroatoms. The average molecular weight is 320 g/mol. The van der Waals surface area contributed by atoms with Gasteiger partial charge in [0.05, 0.1) is 0 Å². The summed E-state index contributed by atoms with van der Waals surface area (Å²) in [5.41, 5.74) is 0.847. The standard InChI is InChI=1S/C15H16N2O2S2/c18-21(19,14-9-6-12-20-14)16-15(17-10-4-5-11-17)13-7-2-1-3-8-13/h1-3,6-9,12H,4-5,10-11H2. The van der Waals surface area contributed by atoms with E-state index >= 15 is 0 Å². The molecule has 21 heavy (non-hydrogen) atoms. The van der Waals surface area contributed by atoms with E-state index in [4.69, 9.17) is 0 Å². The Labute approximate surface area is 128 Å². The van der Waals surface area contributed by atoms with E-state index in [0.717, 1.165) is 31.5 Å². The minimum atomic E-state index is -3.64. The zero-order chi connectivity index (χ0) is 14.7. The maximum absolute atomic E-state index is 12.4. The first-order valence-electron chi connectivity index (χ1n) is 6.86. The van der Waals surface area contributed by atoms with E-state index in [1.165, 1.54) is 11.3 Å². The minimum absolute atomic E-state index is 0.287. The van der Waals surface area contributed by atoms with Gasteiger partial charge in [-0.05, 0) is 24.3 Å². The molecule has 0 atom stereocenters. The van der Waals surface area contributed by atoms with Gasteiger partial charge in [-0.15, -0.1) is 15.7 Å². The highest BCUT2D eigenvalue weighted by molar-refractivity contribution is 7.92. The topological polar surface area (TPSA) is 49.7 Å². The van der Waals surface area contributed by atoms with Crippen LogP contribution in [0.2, 0.25) is 0 Å². The molecule has 4 nitrogen and oxygen atoms in total. The summed E-state index contributed by atoms with van der Waals surface area (Å²) in [5.74, 6) is 0.557. The number of thiophene rings is 1. The van der Waals surface area contributed by atoms with Gasteiger partial charge in [0, 0.05) is 18.7 Å². The lowest BCUT2D eigenvalue weighted by molar-refractivity contribution is 0.520. The zero-order valence-corrected chi connectivity index (χ0v) is 13.1. The minimum Gasteiger partial charge on any atom is -0.355 e. The van der Waals surface area contributed by atoms with Crippen molar-refractivity contribution >= 4 is 27.2 Å². The lowest BCUT2D eigenvalue weighted by Gasteiger charge is -2.19. The summed E-state index contributed by atoms with van der Waals surface area (Å²) in [6.45, 7) is 1.71. The van der Waals surface area contributed by atoms with E-state index in [-0.39, 0.29) is 4.21 Å². The maximum Gasteiger partial charge on any atom is 0.293 e. The van der Waals surface area contributed by atoms with Crippen LogP contribution in [0.4, 0.5) is 0 Å². The second-order valence-corrected chi connectivity index (χ2v) is 7.66. The Kier molecular flexibility index (Phi) is 4.07. The maximum atomic E-state index is 12.4. The molecule has 1 aromatic heterocycles. The summed E-state index contributed by atoms with van der Waals surface area (Å²) >= 11 is 1.20. The summed E-state index contributed by atoms with van der Waals surface area (Å²) in [4.78, 5) is 2.06. The van der Waals surface area contributed by atoms with E-state index in [0.29, 0.717) is 5.84 Å². The molecule has 0 radical (unpaired) electrons. The van der Waals surface area contributed by atoms with Crippen LogP contribution < -0.4 is 0 Å². The van der Waals surface area contributed by atoms with Gasteiger partial charge >= 0.3 is 0 Å². The average Bonchev–Trinajstić information content (AvgIpc) is 3.19. The Morgan fingerprint density at radius 1 is 1.05 bits per heavy atom. The summed E-state index contributed by atoms with van der Waals surface area (Å²) < 4.78 is 29.3. The van der Waals surface area contributed by atoms with Crippen LogP contribution in [-0.2, 0) is 10.0 Å². The van der Waals surface area contributed by atoms with Crippen molar-refractivity contribution in [1.82, 2.24) is 4.90 Å². The lowest BCUT2D eigenvalue weighted by atomic mass is 10.2. The monoisotopic (exact) mass is 320 g/mol. The fourth-order valence-electron chi connectivity index (χ4n) is 2.38. The third-order valence-corrected chi connectivity index (χ3v) is 6.03. The highest BCUT2D eigenvalue weighted by atomic mass is 32.2. The summed E-state index contributed by atoms with van der Waals surface area (Å²) in [6.07, 6.45) is 2.15. The predicted molar refractivity (Wildman–Crippen MR) is 85.3 cm³/mol. The number of hydrogen-bond donors (Lipinski definition) is 0. The van der Waals surface area contributed by atoms with Crippen LogP contribution in [-0.4, -0.2) is 32.2 Å². The van der Waals surface area contributed by atoms with Crippen molar-refractivity contribution < 1.29 is 8.42 Å². The molecule has 2 heterocycles. The Hall–Kier alpha value is -1.66. The number of benzene rings is 1. The van der Waals surface area contributed by atoms with Gasteiger partial charge in [0.15, 0.2) is 0 Å². The van der Waals surface area contributed by atoms with Gasteiger partial charge in [-0.1, -0.05) is 36.4 Å². The highest BCUT2D eigenvalue weighted by Crippen LogP contribution is 2.21. The normalized spacial score (nSPS) is 16.4. The van der Waals surface area contributed by atoms with Crippen molar-refractivity contribution in [2.45, 2.75) is 17.1 Å². The second kappa shape index (κ2) is 5.99. The number of likely N-dealkylation sites (tertiary alicyclic amines) is 1. The first kappa shape index (κ1) is 14.3. The van der Waals surface area contributed by atoms with Gasteiger partial charge in [0.2, 0.25) is 0 Å². The molecule has 0 unspecified atom stereocenters. The van der Waals surface area contributed by atoms with Crippen LogP contribution in [0.1, 0.15) is 18.4 Å². The van der Waals surface area contributed by atoms with Gasteiger partial charge < -0.3 is 4.90 Å². The van der Waals surface area contributed by atoms with Crippen LogP contribution in [0.5, 0.6) is 0 Å². The first-order valence-corrected chi connectivity index (χ1v) is 9.18. The van der Waals surface area contributed by atoms with Crippen LogP contribution >= 0.6 is 11.3 Å². The largest absolute Gasteiger partial charge is 0.355 e. The van der Waals surface area contributed by atoms with Crippen LogP contribution in [0.25, 0.3) is 0 Å². The molecule has 1 fully saturated rings. The molecule has 0 aliphatic carbocycles. The summed E-state index contributed by atoms with van der Waals surface area (Å²) in [5, 5.41) is 1.75. The Bertz CT molecular complexity index is 716. The smallest absolute Gasteiger partial charge is 0.293 e. The van der Waals surface area contributed by atoms with Crippen molar-refractivity contribution in [3.63, 3.8) is 0 Å². The number of hydrogen-bond acceptors (Lipinski definition) is 3. The van der Waals surface area contributed by atoms with Crippen molar-refractivity contribution in [2.24, 2.45) is 4.40 Å².